The first-order chi connectivity index (χ1) is 14.6. The number of tetrazole rings is 1. The molecule has 0 spiro atoms. The number of rotatable bonds is 3. The van der Waals surface area contributed by atoms with Gasteiger partial charge in [-0.25, -0.2) is 4.98 Å². The van der Waals surface area contributed by atoms with E-state index in [9.17, 15) is 4.79 Å². The summed E-state index contributed by atoms with van der Waals surface area (Å²) < 4.78 is 7.37. The normalized spacial score (nSPS) is 19.3. The molecule has 9 nitrogen and oxygen atoms in total. The maximum Gasteiger partial charge on any atom is 0.254 e. The van der Waals surface area contributed by atoms with Gasteiger partial charge in [-0.1, -0.05) is 12.1 Å². The Kier molecular flexibility index (Phi) is 4.51. The van der Waals surface area contributed by atoms with Crippen LogP contribution in [-0.4, -0.2) is 61.1 Å². The second-order valence-corrected chi connectivity index (χ2v) is 7.53. The van der Waals surface area contributed by atoms with E-state index in [2.05, 4.69) is 25.8 Å². The van der Waals surface area contributed by atoms with Crippen LogP contribution in [0.1, 0.15) is 24.2 Å². The van der Waals surface area contributed by atoms with Crippen molar-refractivity contribution >= 4 is 34.1 Å². The summed E-state index contributed by atoms with van der Waals surface area (Å²) in [6, 6.07) is 15.0. The molecule has 0 saturated carbocycles. The average Bonchev–Trinajstić information content (AvgIpc) is 3.24. The highest BCUT2D eigenvalue weighted by Gasteiger charge is 2.26. The third kappa shape index (κ3) is 3.33. The SMILES string of the molecule is CC1CN(C(=O)c2ccc(Nc3nc4ccccc4n4nnnc34)cc2)CC(C)O1. The lowest BCUT2D eigenvalue weighted by Gasteiger charge is -2.35. The zero-order valence-electron chi connectivity index (χ0n) is 16.7. The number of amides is 1. The van der Waals surface area contributed by atoms with Crippen LogP contribution in [0.25, 0.3) is 16.7 Å². The summed E-state index contributed by atoms with van der Waals surface area (Å²) in [4.78, 5) is 19.4. The Bertz CT molecular complexity index is 1210. The second kappa shape index (κ2) is 7.34. The third-order valence-corrected chi connectivity index (χ3v) is 5.12. The first-order valence-electron chi connectivity index (χ1n) is 9.87. The van der Waals surface area contributed by atoms with E-state index in [1.165, 1.54) is 0 Å². The molecule has 0 aliphatic carbocycles. The number of nitrogens with zero attached hydrogens (tertiary/aromatic N) is 6. The van der Waals surface area contributed by atoms with Gasteiger partial charge in [0.25, 0.3) is 5.91 Å². The van der Waals surface area contributed by atoms with E-state index >= 15 is 0 Å². The van der Waals surface area contributed by atoms with Crippen LogP contribution in [0.15, 0.2) is 48.5 Å². The van der Waals surface area contributed by atoms with Gasteiger partial charge in [-0.3, -0.25) is 4.79 Å². The van der Waals surface area contributed by atoms with Gasteiger partial charge in [0, 0.05) is 24.3 Å². The van der Waals surface area contributed by atoms with Crippen molar-refractivity contribution in [1.29, 1.82) is 0 Å². The summed E-state index contributed by atoms with van der Waals surface area (Å²) in [5, 5.41) is 15.2. The number of morpholine rings is 1. The topological polar surface area (TPSA) is 97.5 Å². The summed E-state index contributed by atoms with van der Waals surface area (Å²) >= 11 is 0. The summed E-state index contributed by atoms with van der Waals surface area (Å²) in [5.41, 5.74) is 3.58. The van der Waals surface area contributed by atoms with Crippen molar-refractivity contribution in [3.05, 3.63) is 54.1 Å². The molecule has 1 fully saturated rings. The number of hydrogen-bond donors (Lipinski definition) is 1. The van der Waals surface area contributed by atoms with Crippen molar-refractivity contribution in [3.63, 3.8) is 0 Å². The molecule has 2 aromatic heterocycles. The van der Waals surface area contributed by atoms with Gasteiger partial charge in [-0.05, 0) is 60.7 Å². The van der Waals surface area contributed by atoms with E-state index in [-0.39, 0.29) is 18.1 Å². The largest absolute Gasteiger partial charge is 0.372 e. The van der Waals surface area contributed by atoms with Gasteiger partial charge < -0.3 is 15.0 Å². The van der Waals surface area contributed by atoms with Crippen LogP contribution < -0.4 is 5.32 Å². The van der Waals surface area contributed by atoms with Crippen molar-refractivity contribution in [2.24, 2.45) is 0 Å². The summed E-state index contributed by atoms with van der Waals surface area (Å²) in [6.07, 6.45) is 0.0774. The summed E-state index contributed by atoms with van der Waals surface area (Å²) in [6.45, 7) is 5.17. The Morgan fingerprint density at radius 1 is 1.07 bits per heavy atom. The number of anilines is 2. The second-order valence-electron chi connectivity index (χ2n) is 7.53. The fourth-order valence-electron chi connectivity index (χ4n) is 3.85. The fourth-order valence-corrected chi connectivity index (χ4v) is 3.85. The summed E-state index contributed by atoms with van der Waals surface area (Å²) in [7, 11) is 0. The molecule has 1 N–H and O–H groups in total. The standard InChI is InChI=1S/C21H21N7O2/c1-13-11-27(12-14(2)30-13)21(29)15-7-9-16(10-8-15)22-19-20-24-25-26-28(20)18-6-4-3-5-17(18)23-19/h3-10,13-14H,11-12H2,1-2H3,(H,22,23). The maximum absolute atomic E-state index is 12.9. The Labute approximate surface area is 172 Å². The highest BCUT2D eigenvalue weighted by Crippen LogP contribution is 2.23. The molecule has 4 aromatic rings. The van der Waals surface area contributed by atoms with E-state index < -0.39 is 0 Å². The number of nitrogens with one attached hydrogen (secondary N) is 1. The fraction of sp³-hybridized carbons (Fsp3) is 0.286. The quantitative estimate of drug-likeness (QED) is 0.562. The number of benzene rings is 2. The lowest BCUT2D eigenvalue weighted by molar-refractivity contribution is -0.0586. The number of fused-ring (bicyclic) bond motifs is 3. The maximum atomic E-state index is 12.9. The molecule has 5 rings (SSSR count). The van der Waals surface area contributed by atoms with Crippen molar-refractivity contribution in [2.75, 3.05) is 18.4 Å². The minimum Gasteiger partial charge on any atom is -0.372 e. The van der Waals surface area contributed by atoms with Crippen LogP contribution in [0.3, 0.4) is 0 Å². The number of carbonyl (C=O) groups excluding carboxylic acids is 1. The van der Waals surface area contributed by atoms with E-state index in [0.29, 0.717) is 30.1 Å². The molecule has 152 valence electrons. The van der Waals surface area contributed by atoms with Gasteiger partial charge in [0.15, 0.2) is 5.82 Å². The molecule has 1 amide bonds. The van der Waals surface area contributed by atoms with E-state index in [4.69, 9.17) is 4.74 Å². The van der Waals surface area contributed by atoms with Crippen molar-refractivity contribution in [1.82, 2.24) is 29.9 Å². The van der Waals surface area contributed by atoms with Crippen LogP contribution in [0, 0.1) is 0 Å². The van der Waals surface area contributed by atoms with Crippen LogP contribution in [0.5, 0.6) is 0 Å². The molecule has 1 aliphatic heterocycles. The van der Waals surface area contributed by atoms with E-state index in [1.807, 2.05) is 67.3 Å². The Hall–Kier alpha value is -3.59. The lowest BCUT2D eigenvalue weighted by Crippen LogP contribution is -2.48. The molecule has 1 aliphatic rings. The molecule has 0 radical (unpaired) electrons. The summed E-state index contributed by atoms with van der Waals surface area (Å²) in [5.74, 6) is 0.560. The number of hydrogen-bond acceptors (Lipinski definition) is 7. The van der Waals surface area contributed by atoms with Gasteiger partial charge >= 0.3 is 0 Å². The Morgan fingerprint density at radius 2 is 1.80 bits per heavy atom. The minimum absolute atomic E-state index is 0.0106. The smallest absolute Gasteiger partial charge is 0.254 e. The van der Waals surface area contributed by atoms with Gasteiger partial charge in [-0.2, -0.15) is 4.52 Å². The van der Waals surface area contributed by atoms with Crippen LogP contribution in [0.4, 0.5) is 11.5 Å². The molecule has 30 heavy (non-hydrogen) atoms. The molecule has 2 aromatic carbocycles. The van der Waals surface area contributed by atoms with Crippen LogP contribution >= 0.6 is 0 Å². The van der Waals surface area contributed by atoms with Gasteiger partial charge in [0.1, 0.15) is 0 Å². The Balaban J connectivity index is 1.40. The zero-order valence-corrected chi connectivity index (χ0v) is 16.7. The highest BCUT2D eigenvalue weighted by molar-refractivity contribution is 5.95. The average molecular weight is 403 g/mol. The molecular formula is C21H21N7O2. The lowest BCUT2D eigenvalue weighted by atomic mass is 10.1. The van der Waals surface area contributed by atoms with E-state index in [0.717, 1.165) is 16.7 Å². The molecule has 1 saturated heterocycles. The highest BCUT2D eigenvalue weighted by atomic mass is 16.5. The molecular weight excluding hydrogens is 382 g/mol. The van der Waals surface area contributed by atoms with Gasteiger partial charge in [-0.15, -0.1) is 5.10 Å². The number of para-hydroxylation sites is 2. The van der Waals surface area contributed by atoms with E-state index in [1.54, 1.807) is 4.52 Å². The van der Waals surface area contributed by atoms with Crippen LogP contribution in [-0.2, 0) is 4.74 Å². The first kappa shape index (κ1) is 18.4. The molecule has 2 unspecified atom stereocenters. The van der Waals surface area contributed by atoms with Gasteiger partial charge in [0.05, 0.1) is 23.2 Å². The van der Waals surface area contributed by atoms with Crippen molar-refractivity contribution in [3.8, 4) is 0 Å². The molecule has 3 heterocycles. The van der Waals surface area contributed by atoms with Crippen molar-refractivity contribution < 1.29 is 9.53 Å². The van der Waals surface area contributed by atoms with Crippen LogP contribution in [0.2, 0.25) is 0 Å². The predicted octanol–water partition coefficient (Wildman–Crippen LogP) is 2.67. The molecule has 9 heteroatoms. The number of ether oxygens (including phenoxy) is 1. The van der Waals surface area contributed by atoms with Crippen molar-refractivity contribution in [2.45, 2.75) is 26.1 Å². The number of aromatic nitrogens is 5. The minimum atomic E-state index is 0.0106. The number of carbonyl (C=O) groups is 1. The predicted molar refractivity (Wildman–Crippen MR) is 112 cm³/mol. The van der Waals surface area contributed by atoms with Gasteiger partial charge in [0.2, 0.25) is 5.65 Å². The first-order valence-corrected chi connectivity index (χ1v) is 9.87. The Morgan fingerprint density at radius 3 is 2.57 bits per heavy atom. The molecule has 0 bridgehead atoms. The molecule has 2 atom stereocenters. The third-order valence-electron chi connectivity index (χ3n) is 5.12. The zero-order chi connectivity index (χ0) is 20.7. The monoisotopic (exact) mass is 403 g/mol.